The molecule has 0 radical (unpaired) electrons. The average Bonchev–Trinajstić information content (AvgIpc) is 3.48. The molecule has 3 aromatic heterocycles. The summed E-state index contributed by atoms with van der Waals surface area (Å²) in [5.41, 5.74) is -0.428. The van der Waals surface area contributed by atoms with Crippen molar-refractivity contribution in [1.82, 2.24) is 25.0 Å². The maximum absolute atomic E-state index is 12.2. The second kappa shape index (κ2) is 12.5. The Labute approximate surface area is 238 Å². The molecule has 5 atom stereocenters. The van der Waals surface area contributed by atoms with Crippen LogP contribution in [0.2, 0.25) is 5.15 Å². The molecule has 4 heterocycles. The predicted molar refractivity (Wildman–Crippen MR) is 139 cm³/mol. The van der Waals surface area contributed by atoms with E-state index in [9.17, 15) is 14.4 Å². The number of hydrogen-bond acceptors (Lipinski definition) is 13. The first-order valence-electron chi connectivity index (χ1n) is 11.0. The van der Waals surface area contributed by atoms with Crippen LogP contribution in [0.5, 0.6) is 0 Å². The van der Waals surface area contributed by atoms with Crippen LogP contribution in [-0.4, -0.2) is 73.2 Å². The van der Waals surface area contributed by atoms with Gasteiger partial charge in [0, 0.05) is 47.9 Å². The fourth-order valence-electron chi connectivity index (χ4n) is 3.76. The molecule has 0 bridgehead atoms. The van der Waals surface area contributed by atoms with E-state index in [1.807, 2.05) is 6.07 Å². The Balaban J connectivity index is 1.79. The Morgan fingerprint density at radius 1 is 1.16 bits per heavy atom. The topological polar surface area (TPSA) is 145 Å². The van der Waals surface area contributed by atoms with Crippen LogP contribution in [0.3, 0.4) is 0 Å². The molecule has 0 saturated carbocycles. The number of esters is 3. The molecular weight excluding hydrogens is 626 g/mol. The van der Waals surface area contributed by atoms with Gasteiger partial charge in [-0.3, -0.25) is 19.4 Å². The Bertz CT molecular complexity index is 1320. The SMILES string of the molecule is CC(=O)OCC1O[C@H](Sc2cncc(Br)c2)C(OC(C)=O)C(n2cc(-c3nc(Cl)cs3)nn2)[C@H]1OC(C)=O. The molecule has 4 rings (SSSR count). The minimum atomic E-state index is -1.07. The number of halogens is 2. The second-order valence-corrected chi connectivity index (χ2v) is 11.3. The maximum atomic E-state index is 12.2. The molecule has 0 N–H and O–H groups in total. The standard InChI is InChI=1S/C22H21BrClN5O7S2/c1-10(30)33-8-16-19(34-11(2)31)18(29-7-15(27-28-29)21-26-17(24)9-37-21)20(35-12(3)32)22(36-16)38-14-4-13(23)5-25-6-14/h4-7,9,16,18-20,22H,8H2,1-3H3/t16?,18?,19-,20?,22+/m0/s1. The highest BCUT2D eigenvalue weighted by Gasteiger charge is 2.52. The van der Waals surface area contributed by atoms with E-state index in [4.69, 9.17) is 30.5 Å². The first kappa shape index (κ1) is 28.4. The predicted octanol–water partition coefficient (Wildman–Crippen LogP) is 3.70. The van der Waals surface area contributed by atoms with Crippen LogP contribution in [0, 0.1) is 0 Å². The molecule has 16 heteroatoms. The molecule has 0 spiro atoms. The van der Waals surface area contributed by atoms with Gasteiger partial charge < -0.3 is 18.9 Å². The zero-order valence-electron chi connectivity index (χ0n) is 20.1. The highest BCUT2D eigenvalue weighted by molar-refractivity contribution is 9.10. The summed E-state index contributed by atoms with van der Waals surface area (Å²) in [5, 5.41) is 10.9. The van der Waals surface area contributed by atoms with Crippen LogP contribution in [-0.2, 0) is 33.3 Å². The van der Waals surface area contributed by atoms with Crippen molar-refractivity contribution in [3.63, 3.8) is 0 Å². The molecule has 0 aromatic carbocycles. The van der Waals surface area contributed by atoms with Gasteiger partial charge in [-0.25, -0.2) is 9.67 Å². The summed E-state index contributed by atoms with van der Waals surface area (Å²) in [5.74, 6) is -1.75. The number of aromatic nitrogens is 5. The largest absolute Gasteiger partial charge is 0.463 e. The van der Waals surface area contributed by atoms with Crippen LogP contribution in [0.4, 0.5) is 0 Å². The van der Waals surface area contributed by atoms with Crippen molar-refractivity contribution < 1.29 is 33.3 Å². The van der Waals surface area contributed by atoms with Crippen molar-refractivity contribution in [2.45, 2.75) is 55.5 Å². The fourth-order valence-corrected chi connectivity index (χ4v) is 6.31. The molecule has 12 nitrogen and oxygen atoms in total. The van der Waals surface area contributed by atoms with E-state index in [1.165, 1.54) is 48.6 Å². The van der Waals surface area contributed by atoms with Gasteiger partial charge in [-0.15, -0.1) is 16.4 Å². The van der Waals surface area contributed by atoms with E-state index in [1.54, 1.807) is 24.0 Å². The van der Waals surface area contributed by atoms with Gasteiger partial charge in [0.1, 0.15) is 40.0 Å². The molecule has 1 saturated heterocycles. The third kappa shape index (κ3) is 7.08. The quantitative estimate of drug-likeness (QED) is 0.260. The summed E-state index contributed by atoms with van der Waals surface area (Å²) in [6, 6.07) is 0.909. The summed E-state index contributed by atoms with van der Waals surface area (Å²) in [7, 11) is 0. The molecule has 0 aliphatic carbocycles. The van der Waals surface area contributed by atoms with Crippen LogP contribution >= 0.6 is 50.6 Å². The van der Waals surface area contributed by atoms with E-state index in [2.05, 4.69) is 36.2 Å². The maximum Gasteiger partial charge on any atom is 0.303 e. The summed E-state index contributed by atoms with van der Waals surface area (Å²) in [4.78, 5) is 45.1. The fraction of sp³-hybridized carbons (Fsp3) is 0.409. The zero-order valence-corrected chi connectivity index (χ0v) is 24.1. The number of thioether (sulfide) groups is 1. The number of carbonyl (C=O) groups excluding carboxylic acids is 3. The number of nitrogens with zero attached hydrogens (tertiary/aromatic N) is 5. The first-order chi connectivity index (χ1) is 18.1. The van der Waals surface area contributed by atoms with E-state index in [0.717, 1.165) is 4.47 Å². The van der Waals surface area contributed by atoms with Crippen LogP contribution in [0.15, 0.2) is 39.4 Å². The normalized spacial score (nSPS) is 23.0. The van der Waals surface area contributed by atoms with Gasteiger partial charge in [-0.1, -0.05) is 28.6 Å². The lowest BCUT2D eigenvalue weighted by Gasteiger charge is -2.44. The van der Waals surface area contributed by atoms with Gasteiger partial charge in [0.2, 0.25) is 0 Å². The molecule has 3 aromatic rings. The van der Waals surface area contributed by atoms with Crippen molar-refractivity contribution in [2.75, 3.05) is 6.61 Å². The Morgan fingerprint density at radius 3 is 2.53 bits per heavy atom. The zero-order chi connectivity index (χ0) is 27.4. The van der Waals surface area contributed by atoms with Gasteiger partial charge in [0.15, 0.2) is 12.2 Å². The number of ether oxygens (including phenoxy) is 4. The van der Waals surface area contributed by atoms with Gasteiger partial charge >= 0.3 is 17.9 Å². The smallest absolute Gasteiger partial charge is 0.303 e. The van der Waals surface area contributed by atoms with Crippen LogP contribution in [0.25, 0.3) is 10.7 Å². The molecule has 3 unspecified atom stereocenters. The minimum Gasteiger partial charge on any atom is -0.463 e. The lowest BCUT2D eigenvalue weighted by atomic mass is 9.96. The summed E-state index contributed by atoms with van der Waals surface area (Å²) in [6.07, 6.45) is 1.83. The number of carbonyl (C=O) groups is 3. The molecule has 38 heavy (non-hydrogen) atoms. The third-order valence-electron chi connectivity index (χ3n) is 5.11. The van der Waals surface area contributed by atoms with Crippen LogP contribution < -0.4 is 0 Å². The van der Waals surface area contributed by atoms with Crippen molar-refractivity contribution >= 4 is 68.5 Å². The summed E-state index contributed by atoms with van der Waals surface area (Å²) in [6.45, 7) is 3.52. The second-order valence-electron chi connectivity index (χ2n) is 8.00. The number of pyridine rings is 1. The highest BCUT2D eigenvalue weighted by atomic mass is 79.9. The Hall–Kier alpha value is -2.59. The molecule has 1 aliphatic heterocycles. The average molecular weight is 647 g/mol. The van der Waals surface area contributed by atoms with Crippen molar-refractivity contribution in [2.24, 2.45) is 0 Å². The van der Waals surface area contributed by atoms with Crippen LogP contribution in [0.1, 0.15) is 26.8 Å². The summed E-state index contributed by atoms with van der Waals surface area (Å²) < 4.78 is 25.0. The molecule has 202 valence electrons. The van der Waals surface area contributed by atoms with Gasteiger partial charge in [-0.05, 0) is 22.0 Å². The first-order valence-corrected chi connectivity index (χ1v) is 14.0. The molecular formula is C22H21BrClN5O7S2. The van der Waals surface area contributed by atoms with E-state index < -0.39 is 47.7 Å². The molecule has 1 fully saturated rings. The van der Waals surface area contributed by atoms with E-state index in [-0.39, 0.29) is 6.61 Å². The summed E-state index contributed by atoms with van der Waals surface area (Å²) >= 11 is 11.9. The van der Waals surface area contributed by atoms with Crippen molar-refractivity contribution in [1.29, 1.82) is 0 Å². The lowest BCUT2D eigenvalue weighted by molar-refractivity contribution is -0.212. The third-order valence-corrected chi connectivity index (χ3v) is 7.84. The Kier molecular flexibility index (Phi) is 9.36. The monoisotopic (exact) mass is 645 g/mol. The number of hydrogen-bond donors (Lipinski definition) is 0. The van der Waals surface area contributed by atoms with Crippen molar-refractivity contribution in [3.8, 4) is 10.7 Å². The number of thiazole rings is 1. The van der Waals surface area contributed by atoms with Gasteiger partial charge in [0.05, 0.1) is 6.20 Å². The van der Waals surface area contributed by atoms with Gasteiger partial charge in [0.25, 0.3) is 0 Å². The highest BCUT2D eigenvalue weighted by Crippen LogP contribution is 2.41. The lowest BCUT2D eigenvalue weighted by Crippen LogP contribution is -2.57. The van der Waals surface area contributed by atoms with E-state index >= 15 is 0 Å². The molecule has 0 amide bonds. The van der Waals surface area contributed by atoms with Crippen molar-refractivity contribution in [3.05, 3.63) is 39.7 Å². The Morgan fingerprint density at radius 2 is 1.89 bits per heavy atom. The molecule has 1 aliphatic rings. The van der Waals surface area contributed by atoms with E-state index in [0.29, 0.717) is 20.8 Å². The number of rotatable bonds is 8. The van der Waals surface area contributed by atoms with Gasteiger partial charge in [-0.2, -0.15) is 0 Å². The minimum absolute atomic E-state index is 0.228.